The van der Waals surface area contributed by atoms with Crippen LogP contribution in [0.1, 0.15) is 32.6 Å². The maximum Gasteiger partial charge on any atom is 0.243 e. The monoisotopic (exact) mass is 313 g/mol. The van der Waals surface area contributed by atoms with E-state index in [2.05, 4.69) is 0 Å². The summed E-state index contributed by atoms with van der Waals surface area (Å²) in [5.74, 6) is 0.562. The van der Waals surface area contributed by atoms with Crippen molar-refractivity contribution in [2.24, 2.45) is 0 Å². The van der Waals surface area contributed by atoms with Crippen LogP contribution in [-0.4, -0.2) is 43.6 Å². The number of hydrogen-bond donors (Lipinski definition) is 1. The van der Waals surface area contributed by atoms with Gasteiger partial charge in [-0.3, -0.25) is 0 Å². The van der Waals surface area contributed by atoms with E-state index in [-0.39, 0.29) is 19.3 Å². The van der Waals surface area contributed by atoms with E-state index in [4.69, 9.17) is 9.84 Å². The standard InChI is InChI=1S/C15H23NO4S/c1-2-16(13-5-3-4-6-13)21(18,19)15-9-7-14(8-10-15)20-12-11-17/h7-10,13,17H,2-6,11-12H2,1H3. The average Bonchev–Trinajstić information content (AvgIpc) is 3.00. The van der Waals surface area contributed by atoms with E-state index in [0.717, 1.165) is 25.7 Å². The minimum atomic E-state index is -3.44. The van der Waals surface area contributed by atoms with E-state index in [1.807, 2.05) is 6.92 Å². The Kier molecular flexibility index (Phi) is 5.61. The number of ether oxygens (including phenoxy) is 1. The molecule has 1 aromatic rings. The summed E-state index contributed by atoms with van der Waals surface area (Å²) in [5.41, 5.74) is 0. The molecule has 0 spiro atoms. The molecule has 1 aliphatic rings. The molecular formula is C15H23NO4S. The summed E-state index contributed by atoms with van der Waals surface area (Å²) < 4.78 is 32.3. The summed E-state index contributed by atoms with van der Waals surface area (Å²) in [6.07, 6.45) is 4.10. The zero-order valence-corrected chi connectivity index (χ0v) is 13.2. The third kappa shape index (κ3) is 3.75. The molecule has 0 aliphatic heterocycles. The highest BCUT2D eigenvalue weighted by Crippen LogP contribution is 2.29. The first-order valence-electron chi connectivity index (χ1n) is 7.45. The fourth-order valence-corrected chi connectivity index (χ4v) is 4.52. The molecule has 1 aromatic carbocycles. The number of nitrogens with zero attached hydrogens (tertiary/aromatic N) is 1. The van der Waals surface area contributed by atoms with Gasteiger partial charge in [0.15, 0.2) is 0 Å². The van der Waals surface area contributed by atoms with E-state index in [1.54, 1.807) is 28.6 Å². The van der Waals surface area contributed by atoms with E-state index >= 15 is 0 Å². The molecule has 1 fully saturated rings. The number of aliphatic hydroxyl groups excluding tert-OH is 1. The normalized spacial score (nSPS) is 16.5. The lowest BCUT2D eigenvalue weighted by atomic mass is 10.2. The molecule has 0 unspecified atom stereocenters. The van der Waals surface area contributed by atoms with Gasteiger partial charge in [0, 0.05) is 12.6 Å². The zero-order valence-electron chi connectivity index (χ0n) is 12.4. The Morgan fingerprint density at radius 1 is 1.24 bits per heavy atom. The second kappa shape index (κ2) is 7.24. The van der Waals surface area contributed by atoms with Gasteiger partial charge < -0.3 is 9.84 Å². The molecule has 1 saturated carbocycles. The second-order valence-corrected chi connectivity index (χ2v) is 7.08. The first-order valence-corrected chi connectivity index (χ1v) is 8.89. The Labute approximate surface area is 126 Å². The molecule has 1 N–H and O–H groups in total. The largest absolute Gasteiger partial charge is 0.491 e. The summed E-state index contributed by atoms with van der Waals surface area (Å²) in [5, 5.41) is 8.71. The number of aliphatic hydroxyl groups is 1. The van der Waals surface area contributed by atoms with Gasteiger partial charge in [-0.1, -0.05) is 19.8 Å². The highest BCUT2D eigenvalue weighted by atomic mass is 32.2. The number of sulfonamides is 1. The molecule has 0 radical (unpaired) electrons. The number of benzene rings is 1. The lowest BCUT2D eigenvalue weighted by Crippen LogP contribution is -2.38. The minimum Gasteiger partial charge on any atom is -0.491 e. The van der Waals surface area contributed by atoms with Crippen molar-refractivity contribution in [2.75, 3.05) is 19.8 Å². The van der Waals surface area contributed by atoms with Gasteiger partial charge in [0.1, 0.15) is 12.4 Å². The Bertz CT molecular complexity index is 535. The van der Waals surface area contributed by atoms with Crippen LogP contribution in [0, 0.1) is 0 Å². The van der Waals surface area contributed by atoms with Crippen molar-refractivity contribution in [3.8, 4) is 5.75 Å². The quantitative estimate of drug-likeness (QED) is 0.836. The molecule has 0 aromatic heterocycles. The zero-order chi connectivity index (χ0) is 15.3. The molecular weight excluding hydrogens is 290 g/mol. The fourth-order valence-electron chi connectivity index (χ4n) is 2.82. The first kappa shape index (κ1) is 16.3. The second-order valence-electron chi connectivity index (χ2n) is 5.19. The smallest absolute Gasteiger partial charge is 0.243 e. The maximum absolute atomic E-state index is 12.7. The van der Waals surface area contributed by atoms with Gasteiger partial charge in [-0.15, -0.1) is 0 Å². The van der Waals surface area contributed by atoms with Gasteiger partial charge in [-0.05, 0) is 37.1 Å². The fraction of sp³-hybridized carbons (Fsp3) is 0.600. The third-order valence-electron chi connectivity index (χ3n) is 3.83. The molecule has 118 valence electrons. The third-order valence-corrected chi connectivity index (χ3v) is 5.88. The molecule has 0 saturated heterocycles. The summed E-state index contributed by atoms with van der Waals surface area (Å²) in [4.78, 5) is 0.299. The van der Waals surface area contributed by atoms with Gasteiger partial charge in [-0.2, -0.15) is 4.31 Å². The lowest BCUT2D eigenvalue weighted by Gasteiger charge is -2.26. The van der Waals surface area contributed by atoms with Crippen LogP contribution >= 0.6 is 0 Å². The predicted molar refractivity (Wildman–Crippen MR) is 80.8 cm³/mol. The maximum atomic E-state index is 12.7. The number of hydrogen-bond acceptors (Lipinski definition) is 4. The predicted octanol–water partition coefficient (Wildman–Crippen LogP) is 2.01. The van der Waals surface area contributed by atoms with Crippen LogP contribution < -0.4 is 4.74 Å². The topological polar surface area (TPSA) is 66.8 Å². The summed E-state index contributed by atoms with van der Waals surface area (Å²) in [6, 6.07) is 6.53. The Hall–Kier alpha value is -1.11. The van der Waals surface area contributed by atoms with Crippen LogP contribution in [0.5, 0.6) is 5.75 Å². The molecule has 5 nitrogen and oxygen atoms in total. The molecule has 0 heterocycles. The van der Waals surface area contributed by atoms with Crippen molar-refractivity contribution in [3.63, 3.8) is 0 Å². The van der Waals surface area contributed by atoms with Crippen molar-refractivity contribution < 1.29 is 18.3 Å². The van der Waals surface area contributed by atoms with Gasteiger partial charge in [0.05, 0.1) is 11.5 Å². The van der Waals surface area contributed by atoms with Crippen LogP contribution in [0.4, 0.5) is 0 Å². The lowest BCUT2D eigenvalue weighted by molar-refractivity contribution is 0.201. The Morgan fingerprint density at radius 2 is 1.86 bits per heavy atom. The van der Waals surface area contributed by atoms with Crippen molar-refractivity contribution >= 4 is 10.0 Å². The van der Waals surface area contributed by atoms with Gasteiger partial charge in [0.25, 0.3) is 0 Å². The molecule has 0 bridgehead atoms. The van der Waals surface area contributed by atoms with E-state index < -0.39 is 10.0 Å². The summed E-state index contributed by atoms with van der Waals surface area (Å²) in [7, 11) is -3.44. The van der Waals surface area contributed by atoms with Crippen LogP contribution in [0.2, 0.25) is 0 Å². The summed E-state index contributed by atoms with van der Waals surface area (Å²) >= 11 is 0. The van der Waals surface area contributed by atoms with Crippen LogP contribution in [0.15, 0.2) is 29.2 Å². The van der Waals surface area contributed by atoms with Gasteiger partial charge >= 0.3 is 0 Å². The molecule has 2 rings (SSSR count). The highest BCUT2D eigenvalue weighted by Gasteiger charge is 2.31. The van der Waals surface area contributed by atoms with E-state index in [9.17, 15) is 8.42 Å². The van der Waals surface area contributed by atoms with Crippen LogP contribution in [0.25, 0.3) is 0 Å². The SMILES string of the molecule is CCN(C1CCCC1)S(=O)(=O)c1ccc(OCCO)cc1. The van der Waals surface area contributed by atoms with Crippen molar-refractivity contribution in [1.82, 2.24) is 4.31 Å². The molecule has 0 atom stereocenters. The van der Waals surface area contributed by atoms with Crippen molar-refractivity contribution in [3.05, 3.63) is 24.3 Å². The molecule has 0 amide bonds. The first-order chi connectivity index (χ1) is 10.1. The minimum absolute atomic E-state index is 0.0641. The van der Waals surface area contributed by atoms with Crippen LogP contribution in [-0.2, 0) is 10.0 Å². The Balaban J connectivity index is 2.17. The summed E-state index contributed by atoms with van der Waals surface area (Å²) in [6.45, 7) is 2.52. The average molecular weight is 313 g/mol. The number of rotatable bonds is 7. The van der Waals surface area contributed by atoms with E-state index in [1.165, 1.54) is 0 Å². The van der Waals surface area contributed by atoms with Crippen LogP contribution in [0.3, 0.4) is 0 Å². The van der Waals surface area contributed by atoms with Gasteiger partial charge in [0.2, 0.25) is 10.0 Å². The van der Waals surface area contributed by atoms with Crippen molar-refractivity contribution in [2.45, 2.75) is 43.5 Å². The van der Waals surface area contributed by atoms with Crippen molar-refractivity contribution in [1.29, 1.82) is 0 Å². The molecule has 1 aliphatic carbocycles. The Morgan fingerprint density at radius 3 is 2.38 bits per heavy atom. The van der Waals surface area contributed by atoms with Gasteiger partial charge in [-0.25, -0.2) is 8.42 Å². The molecule has 21 heavy (non-hydrogen) atoms. The van der Waals surface area contributed by atoms with E-state index in [0.29, 0.717) is 17.2 Å². The molecule has 6 heteroatoms. The highest BCUT2D eigenvalue weighted by molar-refractivity contribution is 7.89.